The Hall–Kier alpha value is -4.49. The third kappa shape index (κ3) is 5.84. The Kier molecular flexibility index (Phi) is 9.16. The number of ether oxygens (including phenoxy) is 3. The molecule has 2 aromatic heterocycles. The van der Waals surface area contributed by atoms with E-state index in [2.05, 4.69) is 15.9 Å². The molecule has 2 aromatic carbocycles. The number of thiazole rings is 1. The number of nitrogens with zero attached hydrogens (tertiary/aromatic N) is 3. The molecule has 0 spiro atoms. The van der Waals surface area contributed by atoms with Gasteiger partial charge in [-0.2, -0.15) is 0 Å². The zero-order chi connectivity index (χ0) is 31.5. The number of methoxy groups -OCH3 is 2. The number of carbonyl (C=O) groups is 1. The van der Waals surface area contributed by atoms with E-state index < -0.39 is 16.9 Å². The summed E-state index contributed by atoms with van der Waals surface area (Å²) >= 11 is 4.55. The molecule has 4 aromatic rings. The predicted octanol–water partition coefficient (Wildman–Crippen LogP) is 5.53. The van der Waals surface area contributed by atoms with Crippen LogP contribution in [0.15, 0.2) is 78.5 Å². The maximum absolute atomic E-state index is 14.1. The number of allylic oxidation sites excluding steroid dienone is 1. The van der Waals surface area contributed by atoms with E-state index in [-0.39, 0.29) is 23.4 Å². The summed E-state index contributed by atoms with van der Waals surface area (Å²) < 4.78 is 25.0. The number of hydrogen-bond acceptors (Lipinski definition) is 10. The molecule has 13 heteroatoms. The number of aromatic nitrogens is 1. The summed E-state index contributed by atoms with van der Waals surface area (Å²) in [6, 6.07) is 12.1. The van der Waals surface area contributed by atoms with Crippen molar-refractivity contribution in [3.8, 4) is 22.8 Å². The molecule has 0 radical (unpaired) electrons. The van der Waals surface area contributed by atoms with Gasteiger partial charge in [-0.15, -0.1) is 0 Å². The fourth-order valence-corrected chi connectivity index (χ4v) is 6.55. The molecule has 0 saturated carbocycles. The summed E-state index contributed by atoms with van der Waals surface area (Å²) in [5, 5.41) is 11.1. The van der Waals surface area contributed by atoms with Crippen LogP contribution in [0.3, 0.4) is 0 Å². The van der Waals surface area contributed by atoms with E-state index in [1.807, 2.05) is 6.92 Å². The van der Waals surface area contributed by atoms with Crippen molar-refractivity contribution in [2.75, 3.05) is 20.8 Å². The highest BCUT2D eigenvalue weighted by Crippen LogP contribution is 2.39. The van der Waals surface area contributed by atoms with Crippen molar-refractivity contribution in [3.05, 3.63) is 105 Å². The Morgan fingerprint density at radius 3 is 2.61 bits per heavy atom. The number of nitro benzene ring substituents is 1. The Bertz CT molecular complexity index is 1970. The molecule has 0 bridgehead atoms. The van der Waals surface area contributed by atoms with Crippen LogP contribution in [0, 0.1) is 10.1 Å². The predicted molar refractivity (Wildman–Crippen MR) is 168 cm³/mol. The van der Waals surface area contributed by atoms with Crippen molar-refractivity contribution in [1.29, 1.82) is 0 Å². The van der Waals surface area contributed by atoms with Crippen LogP contribution in [0.1, 0.15) is 44.1 Å². The molecule has 0 N–H and O–H groups in total. The lowest BCUT2D eigenvalue weighted by molar-refractivity contribution is -0.384. The molecule has 5 rings (SSSR count). The van der Waals surface area contributed by atoms with Crippen molar-refractivity contribution in [1.82, 2.24) is 4.57 Å². The zero-order valence-electron chi connectivity index (χ0n) is 24.3. The van der Waals surface area contributed by atoms with Gasteiger partial charge in [0.05, 0.1) is 41.6 Å². The lowest BCUT2D eigenvalue weighted by atomic mass is 9.93. The normalized spacial score (nSPS) is 14.7. The second kappa shape index (κ2) is 13.0. The molecule has 3 heterocycles. The van der Waals surface area contributed by atoms with Crippen LogP contribution in [0.25, 0.3) is 17.4 Å². The van der Waals surface area contributed by atoms with E-state index in [0.717, 1.165) is 0 Å². The Labute approximate surface area is 264 Å². The highest BCUT2D eigenvalue weighted by molar-refractivity contribution is 9.10. The monoisotopic (exact) mass is 681 g/mol. The lowest BCUT2D eigenvalue weighted by Gasteiger charge is -2.27. The minimum atomic E-state index is -0.887. The molecule has 0 amide bonds. The van der Waals surface area contributed by atoms with Crippen molar-refractivity contribution in [2.45, 2.75) is 32.7 Å². The minimum Gasteiger partial charge on any atom is -0.497 e. The largest absolute Gasteiger partial charge is 0.497 e. The Balaban J connectivity index is 1.69. The molecule has 0 unspecified atom stereocenters. The van der Waals surface area contributed by atoms with E-state index in [1.165, 1.54) is 42.3 Å². The highest BCUT2D eigenvalue weighted by atomic mass is 79.9. The van der Waals surface area contributed by atoms with Gasteiger partial charge in [-0.25, -0.2) is 9.79 Å². The molecular weight excluding hydrogens is 654 g/mol. The molecule has 0 saturated heterocycles. The van der Waals surface area contributed by atoms with Crippen molar-refractivity contribution in [3.63, 3.8) is 0 Å². The molecule has 0 fully saturated rings. The fourth-order valence-electron chi connectivity index (χ4n) is 4.99. The van der Waals surface area contributed by atoms with Crippen LogP contribution < -0.4 is 24.4 Å². The Morgan fingerprint density at radius 2 is 1.95 bits per heavy atom. The first-order valence-electron chi connectivity index (χ1n) is 13.7. The number of rotatable bonds is 10. The maximum atomic E-state index is 14.1. The number of nitro groups is 1. The molecule has 0 aliphatic carbocycles. The number of esters is 1. The number of hydrogen-bond donors (Lipinski definition) is 0. The summed E-state index contributed by atoms with van der Waals surface area (Å²) in [7, 11) is 3.06. The van der Waals surface area contributed by atoms with Gasteiger partial charge in [0, 0.05) is 33.8 Å². The average Bonchev–Trinajstić information content (AvgIpc) is 3.60. The number of carbonyl (C=O) groups excluding carboxylic acids is 1. The topological polar surface area (TPSA) is 135 Å². The van der Waals surface area contributed by atoms with Gasteiger partial charge in [0.2, 0.25) is 0 Å². The van der Waals surface area contributed by atoms with Crippen LogP contribution in [0.5, 0.6) is 11.5 Å². The summed E-state index contributed by atoms with van der Waals surface area (Å²) in [5.74, 6) is 1.28. The second-order valence-electron chi connectivity index (χ2n) is 9.64. The van der Waals surface area contributed by atoms with Gasteiger partial charge in [0.1, 0.15) is 29.1 Å². The zero-order valence-corrected chi connectivity index (χ0v) is 26.7. The van der Waals surface area contributed by atoms with E-state index in [9.17, 15) is 19.7 Å². The van der Waals surface area contributed by atoms with Crippen molar-refractivity contribution in [2.24, 2.45) is 4.99 Å². The standard InChI is InChI=1S/C31H28BrN3O8S/c1-5-7-23-27(30(37)42-6-2)28(21-15-18(40-3)9-12-24(21)41-4)34-29(36)26(44-31(34)33-23)16-19-10-13-25(43-19)20-11-8-17(35(38)39)14-22(20)32/h8-16,28H,5-7H2,1-4H3/b26-16-/t28-/m0/s1. The SMILES string of the molecule is CCCC1=C(C(=O)OCC)[C@H](c2cc(OC)ccc2OC)n2c(s/c(=C\c3ccc(-c4ccc([N+](=O)[O-])cc4Br)o3)c2=O)=N1. The van der Waals surface area contributed by atoms with Gasteiger partial charge in [-0.05, 0) is 65.7 Å². The van der Waals surface area contributed by atoms with Crippen LogP contribution >= 0.6 is 27.3 Å². The number of furan rings is 1. The summed E-state index contributed by atoms with van der Waals surface area (Å²) in [5.41, 5.74) is 1.54. The summed E-state index contributed by atoms with van der Waals surface area (Å²) in [6.07, 6.45) is 2.82. The Morgan fingerprint density at radius 1 is 1.16 bits per heavy atom. The summed E-state index contributed by atoms with van der Waals surface area (Å²) in [4.78, 5) is 43.4. The molecule has 1 atom stereocenters. The van der Waals surface area contributed by atoms with E-state index in [4.69, 9.17) is 23.6 Å². The molecule has 228 valence electrons. The van der Waals surface area contributed by atoms with Crippen LogP contribution in [0.4, 0.5) is 5.69 Å². The second-order valence-corrected chi connectivity index (χ2v) is 11.5. The minimum absolute atomic E-state index is 0.0552. The van der Waals surface area contributed by atoms with Gasteiger partial charge >= 0.3 is 5.97 Å². The third-order valence-corrected chi connectivity index (χ3v) is 8.59. The summed E-state index contributed by atoms with van der Waals surface area (Å²) in [6.45, 7) is 3.86. The van der Waals surface area contributed by atoms with Crippen LogP contribution in [-0.4, -0.2) is 36.3 Å². The number of fused-ring (bicyclic) bond motifs is 1. The van der Waals surface area contributed by atoms with Gasteiger partial charge in [0.25, 0.3) is 11.2 Å². The van der Waals surface area contributed by atoms with Gasteiger partial charge in [0.15, 0.2) is 4.80 Å². The lowest BCUT2D eigenvalue weighted by Crippen LogP contribution is -2.40. The first-order valence-corrected chi connectivity index (χ1v) is 15.3. The third-order valence-electron chi connectivity index (χ3n) is 6.95. The maximum Gasteiger partial charge on any atom is 0.338 e. The van der Waals surface area contributed by atoms with E-state index in [1.54, 1.807) is 49.4 Å². The van der Waals surface area contributed by atoms with Crippen LogP contribution in [-0.2, 0) is 9.53 Å². The quantitative estimate of drug-likeness (QED) is 0.121. The first-order chi connectivity index (χ1) is 21.2. The van der Waals surface area contributed by atoms with Gasteiger partial charge < -0.3 is 18.6 Å². The smallest absolute Gasteiger partial charge is 0.338 e. The van der Waals surface area contributed by atoms with Gasteiger partial charge in [-0.3, -0.25) is 19.5 Å². The first kappa shape index (κ1) is 31.0. The number of non-ortho nitro benzene ring substituents is 1. The van der Waals surface area contributed by atoms with E-state index >= 15 is 0 Å². The van der Waals surface area contributed by atoms with Gasteiger partial charge in [-0.1, -0.05) is 24.7 Å². The number of halogens is 1. The average molecular weight is 683 g/mol. The fraction of sp³-hybridized carbons (Fsp3) is 0.258. The molecular formula is C31H28BrN3O8S. The molecule has 44 heavy (non-hydrogen) atoms. The van der Waals surface area contributed by atoms with E-state index in [0.29, 0.717) is 66.5 Å². The number of benzene rings is 2. The highest BCUT2D eigenvalue weighted by Gasteiger charge is 2.36. The molecule has 1 aliphatic rings. The molecule has 11 nitrogen and oxygen atoms in total. The molecule has 1 aliphatic heterocycles. The van der Waals surface area contributed by atoms with Crippen molar-refractivity contribution >= 4 is 45.0 Å². The van der Waals surface area contributed by atoms with Crippen molar-refractivity contribution < 1.29 is 28.3 Å². The van der Waals surface area contributed by atoms with Crippen LogP contribution in [0.2, 0.25) is 0 Å².